The monoisotopic (exact) mass is 428 g/mol. The molecule has 0 bridgehead atoms. The van der Waals surface area contributed by atoms with E-state index in [-0.39, 0.29) is 24.0 Å². The van der Waals surface area contributed by atoms with Crippen LogP contribution in [0.3, 0.4) is 0 Å². The average molecular weight is 428 g/mol. The van der Waals surface area contributed by atoms with E-state index in [2.05, 4.69) is 0 Å². The predicted molar refractivity (Wildman–Crippen MR) is 115 cm³/mol. The number of esters is 1. The van der Waals surface area contributed by atoms with E-state index in [4.69, 9.17) is 21.7 Å². The zero-order chi connectivity index (χ0) is 21.7. The molecule has 1 fully saturated rings. The van der Waals surface area contributed by atoms with Crippen LogP contribution in [0.25, 0.3) is 6.08 Å². The summed E-state index contributed by atoms with van der Waals surface area (Å²) < 4.78 is 23.5. The third-order valence-corrected chi connectivity index (χ3v) is 4.94. The highest BCUT2D eigenvalue weighted by Crippen LogP contribution is 2.28. The number of nitrogens with zero attached hydrogens (tertiary/aromatic N) is 2. The molecule has 30 heavy (non-hydrogen) atoms. The van der Waals surface area contributed by atoms with Gasteiger partial charge in [0.2, 0.25) is 0 Å². The highest BCUT2D eigenvalue weighted by atomic mass is 32.1. The molecule has 3 rings (SSSR count). The largest absolute Gasteiger partial charge is 0.497 e. The number of ether oxygens (including phenoxy) is 2. The fourth-order valence-corrected chi connectivity index (χ4v) is 3.43. The summed E-state index contributed by atoms with van der Waals surface area (Å²) in [5.74, 6) is -0.571. The minimum atomic E-state index is -0.851. The second-order valence-corrected chi connectivity index (χ2v) is 6.82. The molecule has 0 aromatic heterocycles. The Kier molecular flexibility index (Phi) is 6.79. The Morgan fingerprint density at radius 1 is 1.17 bits per heavy atom. The molecule has 156 valence electrons. The number of thiocarbonyl (C=S) groups is 1. The first-order valence-corrected chi connectivity index (χ1v) is 9.75. The molecule has 1 atom stereocenters. The number of anilines is 1. The maximum atomic E-state index is 13.3. The van der Waals surface area contributed by atoms with Crippen molar-refractivity contribution in [1.29, 1.82) is 0 Å². The van der Waals surface area contributed by atoms with Gasteiger partial charge in [0, 0.05) is 6.20 Å². The maximum absolute atomic E-state index is 13.3. The van der Waals surface area contributed by atoms with Crippen molar-refractivity contribution >= 4 is 41.0 Å². The molecular formula is C22H21FN2O4S. The Bertz CT molecular complexity index is 960. The number of carbonyl (C=O) groups is 2. The quantitative estimate of drug-likeness (QED) is 0.494. The van der Waals surface area contributed by atoms with Crippen molar-refractivity contribution in [2.75, 3.05) is 18.6 Å². The van der Waals surface area contributed by atoms with Gasteiger partial charge in [-0.2, -0.15) is 0 Å². The lowest BCUT2D eigenvalue weighted by Gasteiger charge is -2.19. The summed E-state index contributed by atoms with van der Waals surface area (Å²) in [5, 5.41) is 0.200. The minimum absolute atomic E-state index is 0.155. The number of amides is 1. The number of methoxy groups -OCH3 is 1. The molecule has 6 nitrogen and oxygen atoms in total. The molecule has 2 aromatic rings. The molecule has 2 aromatic carbocycles. The molecule has 0 saturated carbocycles. The standard InChI is InChI=1S/C22H21FN2O4S/c1-3-29-20(26)14-19-21(27)25(17-8-6-16(23)7-9-17)22(30)24(19)13-12-15-4-10-18(28-2)11-5-15/h4-13,19H,3,14H2,1-2H3. The van der Waals surface area contributed by atoms with Crippen LogP contribution < -0.4 is 9.64 Å². The Balaban J connectivity index is 1.90. The van der Waals surface area contributed by atoms with Gasteiger partial charge in [0.25, 0.3) is 5.91 Å². The first kappa shape index (κ1) is 21.4. The van der Waals surface area contributed by atoms with Gasteiger partial charge in [-0.05, 0) is 67.2 Å². The van der Waals surface area contributed by atoms with Crippen molar-refractivity contribution in [2.45, 2.75) is 19.4 Å². The third-order valence-electron chi connectivity index (χ3n) is 4.55. The fraction of sp³-hybridized carbons (Fsp3) is 0.227. The highest BCUT2D eigenvalue weighted by molar-refractivity contribution is 7.80. The van der Waals surface area contributed by atoms with Crippen LogP contribution in [-0.4, -0.2) is 41.6 Å². The molecule has 1 heterocycles. The van der Waals surface area contributed by atoms with E-state index in [9.17, 15) is 14.0 Å². The number of rotatable bonds is 7. The van der Waals surface area contributed by atoms with Gasteiger partial charge in [-0.15, -0.1) is 0 Å². The summed E-state index contributed by atoms with van der Waals surface area (Å²) in [4.78, 5) is 28.0. The maximum Gasteiger partial charge on any atom is 0.308 e. The van der Waals surface area contributed by atoms with E-state index >= 15 is 0 Å². The van der Waals surface area contributed by atoms with Gasteiger partial charge in [0.15, 0.2) is 5.11 Å². The first-order valence-electron chi connectivity index (χ1n) is 9.34. The molecular weight excluding hydrogens is 407 g/mol. The normalized spacial score (nSPS) is 16.4. The van der Waals surface area contributed by atoms with Crippen LogP contribution in [0.5, 0.6) is 5.75 Å². The zero-order valence-electron chi connectivity index (χ0n) is 16.6. The molecule has 0 radical (unpaired) electrons. The average Bonchev–Trinajstić information content (AvgIpc) is 2.97. The van der Waals surface area contributed by atoms with E-state index in [0.717, 1.165) is 11.3 Å². The molecule has 1 unspecified atom stereocenters. The number of halogens is 1. The summed E-state index contributed by atoms with van der Waals surface area (Å²) >= 11 is 5.52. The van der Waals surface area contributed by atoms with Gasteiger partial charge < -0.3 is 14.4 Å². The molecule has 1 saturated heterocycles. The van der Waals surface area contributed by atoms with Crippen molar-refractivity contribution in [2.24, 2.45) is 0 Å². The Morgan fingerprint density at radius 3 is 2.43 bits per heavy atom. The molecule has 8 heteroatoms. The van der Waals surface area contributed by atoms with Crippen LogP contribution in [0.4, 0.5) is 10.1 Å². The van der Waals surface area contributed by atoms with Crippen molar-refractivity contribution in [1.82, 2.24) is 4.90 Å². The van der Waals surface area contributed by atoms with Gasteiger partial charge >= 0.3 is 5.97 Å². The van der Waals surface area contributed by atoms with E-state index in [1.54, 1.807) is 31.2 Å². The third kappa shape index (κ3) is 4.65. The van der Waals surface area contributed by atoms with Crippen LogP contribution in [0.1, 0.15) is 18.9 Å². The molecule has 1 amide bonds. The molecule has 1 aliphatic rings. The van der Waals surface area contributed by atoms with Crippen LogP contribution in [0.2, 0.25) is 0 Å². The van der Waals surface area contributed by atoms with Crippen molar-refractivity contribution in [3.8, 4) is 5.75 Å². The van der Waals surface area contributed by atoms with Crippen LogP contribution in [0, 0.1) is 5.82 Å². The topological polar surface area (TPSA) is 59.1 Å². The summed E-state index contributed by atoms with van der Waals surface area (Å²) in [7, 11) is 1.59. The Hall–Kier alpha value is -3.26. The van der Waals surface area contributed by atoms with Crippen LogP contribution >= 0.6 is 12.2 Å². The Morgan fingerprint density at radius 2 is 1.83 bits per heavy atom. The van der Waals surface area contributed by atoms with E-state index in [1.807, 2.05) is 24.3 Å². The number of carbonyl (C=O) groups excluding carboxylic acids is 2. The Labute approximate surface area is 179 Å². The van der Waals surface area contributed by atoms with E-state index in [1.165, 1.54) is 29.2 Å². The van der Waals surface area contributed by atoms with Gasteiger partial charge in [0.05, 0.1) is 25.8 Å². The second-order valence-electron chi connectivity index (χ2n) is 6.45. The van der Waals surface area contributed by atoms with E-state index in [0.29, 0.717) is 5.69 Å². The minimum Gasteiger partial charge on any atom is -0.497 e. The summed E-state index contributed by atoms with van der Waals surface area (Å²) in [6.45, 7) is 1.92. The van der Waals surface area contributed by atoms with Gasteiger partial charge in [-0.1, -0.05) is 12.1 Å². The lowest BCUT2D eigenvalue weighted by atomic mass is 10.1. The summed E-state index contributed by atoms with van der Waals surface area (Å²) in [6, 6.07) is 11.9. The van der Waals surface area contributed by atoms with Crippen LogP contribution in [-0.2, 0) is 14.3 Å². The highest BCUT2D eigenvalue weighted by Gasteiger charge is 2.43. The lowest BCUT2D eigenvalue weighted by Crippen LogP contribution is -2.33. The lowest BCUT2D eigenvalue weighted by molar-refractivity contribution is -0.145. The molecule has 0 N–H and O–H groups in total. The van der Waals surface area contributed by atoms with E-state index < -0.39 is 17.8 Å². The molecule has 0 spiro atoms. The summed E-state index contributed by atoms with van der Waals surface area (Å²) in [5.41, 5.74) is 1.29. The summed E-state index contributed by atoms with van der Waals surface area (Å²) in [6.07, 6.45) is 3.29. The van der Waals surface area contributed by atoms with Crippen molar-refractivity contribution in [3.05, 3.63) is 66.1 Å². The zero-order valence-corrected chi connectivity index (χ0v) is 17.4. The molecule has 1 aliphatic heterocycles. The van der Waals surface area contributed by atoms with Gasteiger partial charge in [-0.3, -0.25) is 14.5 Å². The van der Waals surface area contributed by atoms with Crippen LogP contribution in [0.15, 0.2) is 54.7 Å². The van der Waals surface area contributed by atoms with Gasteiger partial charge in [-0.25, -0.2) is 4.39 Å². The number of benzene rings is 2. The SMILES string of the molecule is CCOC(=O)CC1C(=O)N(c2ccc(F)cc2)C(=S)N1C=Cc1ccc(OC)cc1. The van der Waals surface area contributed by atoms with Crippen molar-refractivity contribution < 1.29 is 23.5 Å². The first-order chi connectivity index (χ1) is 14.4. The second kappa shape index (κ2) is 9.49. The smallest absolute Gasteiger partial charge is 0.308 e. The van der Waals surface area contributed by atoms with Gasteiger partial charge in [0.1, 0.15) is 17.6 Å². The number of hydrogen-bond acceptors (Lipinski definition) is 5. The van der Waals surface area contributed by atoms with Crippen molar-refractivity contribution in [3.63, 3.8) is 0 Å². The number of hydrogen-bond donors (Lipinski definition) is 0. The fourth-order valence-electron chi connectivity index (χ4n) is 3.05. The predicted octanol–water partition coefficient (Wildman–Crippen LogP) is 3.76. The molecule has 0 aliphatic carbocycles.